The van der Waals surface area contributed by atoms with Crippen LogP contribution in [0.4, 0.5) is 0 Å². The summed E-state index contributed by atoms with van der Waals surface area (Å²) in [6.45, 7) is 6.76. The molecular weight excluding hydrogens is 308 g/mol. The Morgan fingerprint density at radius 2 is 2.00 bits per heavy atom. The smallest absolute Gasteiger partial charge is 0.333 e. The van der Waals surface area contributed by atoms with E-state index >= 15 is 0 Å². The Morgan fingerprint density at radius 1 is 1.32 bits per heavy atom. The SMILES string of the molecule is C=C(C)C(=O)OCCCCCCn1cc[n+](C)c1.[Br-]. The molecule has 5 heteroatoms. The molecule has 0 fully saturated rings. The first-order valence-corrected chi connectivity index (χ1v) is 6.43. The number of nitrogens with zero attached hydrogens (tertiary/aromatic N) is 2. The van der Waals surface area contributed by atoms with Crippen molar-refractivity contribution < 1.29 is 31.1 Å². The van der Waals surface area contributed by atoms with Gasteiger partial charge in [-0.05, 0) is 32.6 Å². The minimum Gasteiger partial charge on any atom is -1.00 e. The summed E-state index contributed by atoms with van der Waals surface area (Å²) in [5.41, 5.74) is 0.468. The van der Waals surface area contributed by atoms with E-state index in [4.69, 9.17) is 4.74 Å². The van der Waals surface area contributed by atoms with E-state index in [9.17, 15) is 4.79 Å². The molecule has 1 heterocycles. The van der Waals surface area contributed by atoms with Gasteiger partial charge < -0.3 is 21.7 Å². The molecule has 1 aromatic rings. The maximum absolute atomic E-state index is 11.1. The normalized spacial score (nSPS) is 9.79. The Kier molecular flexibility index (Phi) is 9.21. The standard InChI is InChI=1S/C14H23N2O2.BrH/c1-13(2)14(17)18-11-7-5-4-6-8-16-10-9-15(3)12-16;/h9-10,12H,1,4-8,11H2,2-3H3;1H/q+1;/p-1. The summed E-state index contributed by atoms with van der Waals surface area (Å²) in [4.78, 5) is 11.1. The minimum atomic E-state index is -0.283. The number of aryl methyl sites for hydroxylation is 2. The van der Waals surface area contributed by atoms with Crippen LogP contribution in [0.5, 0.6) is 0 Å². The van der Waals surface area contributed by atoms with Crippen molar-refractivity contribution in [2.45, 2.75) is 39.2 Å². The van der Waals surface area contributed by atoms with E-state index in [1.807, 2.05) is 17.8 Å². The lowest BCUT2D eigenvalue weighted by molar-refractivity contribution is -0.671. The number of esters is 1. The van der Waals surface area contributed by atoms with E-state index in [2.05, 4.69) is 23.7 Å². The number of hydrogen-bond donors (Lipinski definition) is 0. The average molecular weight is 331 g/mol. The van der Waals surface area contributed by atoms with Gasteiger partial charge in [0.25, 0.3) is 0 Å². The van der Waals surface area contributed by atoms with Gasteiger partial charge in [-0.1, -0.05) is 6.58 Å². The number of aromatic nitrogens is 2. The largest absolute Gasteiger partial charge is 1.00 e. The number of carbonyl (C=O) groups excluding carboxylic acids is 1. The summed E-state index contributed by atoms with van der Waals surface area (Å²) >= 11 is 0. The molecule has 1 aromatic heterocycles. The summed E-state index contributed by atoms with van der Waals surface area (Å²) in [7, 11) is 2.02. The lowest BCUT2D eigenvalue weighted by Gasteiger charge is -2.03. The van der Waals surface area contributed by atoms with Gasteiger partial charge in [0, 0.05) is 5.57 Å². The third kappa shape index (κ3) is 7.82. The lowest BCUT2D eigenvalue weighted by atomic mass is 10.2. The second kappa shape index (κ2) is 9.78. The number of rotatable bonds is 8. The quantitative estimate of drug-likeness (QED) is 0.265. The molecule has 0 radical (unpaired) electrons. The number of hydrogen-bond acceptors (Lipinski definition) is 2. The molecule has 4 nitrogen and oxygen atoms in total. The lowest BCUT2D eigenvalue weighted by Crippen LogP contribution is -3.00. The second-order valence-electron chi connectivity index (χ2n) is 4.65. The minimum absolute atomic E-state index is 0. The van der Waals surface area contributed by atoms with Crippen molar-refractivity contribution in [3.63, 3.8) is 0 Å². The molecule has 0 spiro atoms. The molecule has 0 unspecified atom stereocenters. The topological polar surface area (TPSA) is 35.1 Å². The molecular formula is C14H23BrN2O2. The van der Waals surface area contributed by atoms with E-state index in [-0.39, 0.29) is 23.0 Å². The first kappa shape index (κ1) is 17.9. The highest BCUT2D eigenvalue weighted by Crippen LogP contribution is 2.03. The summed E-state index contributed by atoms with van der Waals surface area (Å²) in [6.07, 6.45) is 10.5. The fourth-order valence-corrected chi connectivity index (χ4v) is 1.67. The van der Waals surface area contributed by atoms with E-state index < -0.39 is 0 Å². The van der Waals surface area contributed by atoms with Gasteiger partial charge in [0.1, 0.15) is 12.4 Å². The van der Waals surface area contributed by atoms with Crippen molar-refractivity contribution in [3.8, 4) is 0 Å². The van der Waals surface area contributed by atoms with Crippen LogP contribution in [-0.2, 0) is 23.1 Å². The number of unbranched alkanes of at least 4 members (excludes halogenated alkanes) is 3. The second-order valence-corrected chi connectivity index (χ2v) is 4.65. The number of imidazole rings is 1. The molecule has 0 saturated carbocycles. The van der Waals surface area contributed by atoms with Gasteiger partial charge in [0.05, 0.1) is 20.2 Å². The third-order valence-corrected chi connectivity index (χ3v) is 2.72. The fraction of sp³-hybridized carbons (Fsp3) is 0.571. The molecule has 0 aromatic carbocycles. The molecule has 0 aliphatic rings. The maximum atomic E-state index is 11.1. The first-order valence-electron chi connectivity index (χ1n) is 6.43. The van der Waals surface area contributed by atoms with Crippen molar-refractivity contribution in [1.82, 2.24) is 4.57 Å². The highest BCUT2D eigenvalue weighted by atomic mass is 79.9. The van der Waals surface area contributed by atoms with Crippen LogP contribution < -0.4 is 21.5 Å². The molecule has 0 N–H and O–H groups in total. The number of ether oxygens (including phenoxy) is 1. The average Bonchev–Trinajstić information content (AvgIpc) is 2.73. The highest BCUT2D eigenvalue weighted by Gasteiger charge is 2.02. The van der Waals surface area contributed by atoms with Gasteiger partial charge in [-0.25, -0.2) is 13.9 Å². The van der Waals surface area contributed by atoms with Crippen LogP contribution in [-0.4, -0.2) is 17.1 Å². The van der Waals surface area contributed by atoms with Crippen molar-refractivity contribution >= 4 is 5.97 Å². The Balaban J connectivity index is 0.00000324. The summed E-state index contributed by atoms with van der Waals surface area (Å²) < 4.78 is 9.25. The number of carbonyl (C=O) groups is 1. The van der Waals surface area contributed by atoms with Gasteiger partial charge in [-0.2, -0.15) is 0 Å². The van der Waals surface area contributed by atoms with E-state index in [1.54, 1.807) is 6.92 Å². The fourth-order valence-electron chi connectivity index (χ4n) is 1.67. The Bertz CT molecular complexity index is 402. The van der Waals surface area contributed by atoms with Gasteiger partial charge in [0.2, 0.25) is 6.33 Å². The summed E-state index contributed by atoms with van der Waals surface area (Å²) in [5.74, 6) is -0.283. The molecule has 1 rings (SSSR count). The molecule has 0 amide bonds. The maximum Gasteiger partial charge on any atom is 0.333 e. The van der Waals surface area contributed by atoms with Crippen LogP contribution in [0.1, 0.15) is 32.6 Å². The molecule has 0 atom stereocenters. The molecule has 0 aliphatic carbocycles. The van der Waals surface area contributed by atoms with E-state index in [0.29, 0.717) is 12.2 Å². The van der Waals surface area contributed by atoms with Gasteiger partial charge in [0.15, 0.2) is 0 Å². The first-order chi connectivity index (χ1) is 8.59. The Morgan fingerprint density at radius 3 is 2.58 bits per heavy atom. The zero-order valence-corrected chi connectivity index (χ0v) is 13.4. The Hall–Kier alpha value is -1.10. The number of halogens is 1. The molecule has 108 valence electrons. The molecule has 0 saturated heterocycles. The Labute approximate surface area is 125 Å². The van der Waals surface area contributed by atoms with Gasteiger partial charge >= 0.3 is 5.97 Å². The van der Waals surface area contributed by atoms with Gasteiger partial charge in [-0.15, -0.1) is 0 Å². The van der Waals surface area contributed by atoms with E-state index in [0.717, 1.165) is 32.2 Å². The van der Waals surface area contributed by atoms with Crippen LogP contribution in [0.2, 0.25) is 0 Å². The van der Waals surface area contributed by atoms with E-state index in [1.165, 1.54) is 0 Å². The van der Waals surface area contributed by atoms with Crippen LogP contribution in [0, 0.1) is 0 Å². The van der Waals surface area contributed by atoms with Crippen LogP contribution in [0.15, 0.2) is 30.9 Å². The van der Waals surface area contributed by atoms with Crippen LogP contribution >= 0.6 is 0 Å². The summed E-state index contributed by atoms with van der Waals surface area (Å²) in [5, 5.41) is 0. The van der Waals surface area contributed by atoms with Crippen molar-refractivity contribution in [1.29, 1.82) is 0 Å². The van der Waals surface area contributed by atoms with Crippen LogP contribution in [0.3, 0.4) is 0 Å². The third-order valence-electron chi connectivity index (χ3n) is 2.72. The molecule has 19 heavy (non-hydrogen) atoms. The van der Waals surface area contributed by atoms with Crippen LogP contribution in [0.25, 0.3) is 0 Å². The zero-order valence-electron chi connectivity index (χ0n) is 11.8. The summed E-state index contributed by atoms with van der Waals surface area (Å²) in [6, 6.07) is 0. The van der Waals surface area contributed by atoms with Crippen molar-refractivity contribution in [3.05, 3.63) is 30.9 Å². The molecule has 0 bridgehead atoms. The monoisotopic (exact) mass is 330 g/mol. The van der Waals surface area contributed by atoms with Crippen molar-refractivity contribution in [2.24, 2.45) is 7.05 Å². The predicted octanol–water partition coefficient (Wildman–Crippen LogP) is -1.00. The van der Waals surface area contributed by atoms with Gasteiger partial charge in [-0.3, -0.25) is 0 Å². The highest BCUT2D eigenvalue weighted by molar-refractivity contribution is 5.86. The molecule has 0 aliphatic heterocycles. The predicted molar refractivity (Wildman–Crippen MR) is 69.8 cm³/mol. The zero-order chi connectivity index (χ0) is 13.4. The van der Waals surface area contributed by atoms with Crippen molar-refractivity contribution in [2.75, 3.05) is 6.61 Å².